The molecule has 1 atom stereocenters. The van der Waals surface area contributed by atoms with Gasteiger partial charge in [0.1, 0.15) is 11.4 Å². The number of nitrogens with zero attached hydrogens (tertiary/aromatic N) is 2. The van der Waals surface area contributed by atoms with Crippen molar-refractivity contribution in [2.45, 2.75) is 19.8 Å². The average Bonchev–Trinajstić information content (AvgIpc) is 2.82. The molecule has 4 rings (SSSR count). The summed E-state index contributed by atoms with van der Waals surface area (Å²) in [4.78, 5) is 19.9. The van der Waals surface area contributed by atoms with Crippen LogP contribution in [0.3, 0.4) is 0 Å². The minimum absolute atomic E-state index is 0.0538. The standard InChI is InChI=1S/C25H29N3O4/c1-16-7-6-10-28(15-16)25(29)22-13-20(26-17-8-5-9-18(11-17)30-2)19-12-23(31-3)24(32-4)14-21(19)27-22/h5,8-9,11-14,16H,6-7,10,15H2,1-4H3,(H,26,27). The molecule has 1 N–H and O–H groups in total. The zero-order valence-corrected chi connectivity index (χ0v) is 19.0. The normalized spacial score (nSPS) is 16.0. The zero-order valence-electron chi connectivity index (χ0n) is 19.0. The summed E-state index contributed by atoms with van der Waals surface area (Å²) in [5.41, 5.74) is 2.67. The van der Waals surface area contributed by atoms with Crippen LogP contribution in [0.2, 0.25) is 0 Å². The van der Waals surface area contributed by atoms with Gasteiger partial charge in [-0.05, 0) is 43.0 Å². The lowest BCUT2D eigenvalue weighted by Gasteiger charge is -2.30. The van der Waals surface area contributed by atoms with Crippen LogP contribution < -0.4 is 19.5 Å². The molecule has 0 bridgehead atoms. The molecule has 0 spiro atoms. The summed E-state index contributed by atoms with van der Waals surface area (Å²) in [6, 6.07) is 13.1. The fourth-order valence-corrected chi connectivity index (χ4v) is 4.16. The molecule has 7 heteroatoms. The van der Waals surface area contributed by atoms with E-state index in [9.17, 15) is 4.79 Å². The number of ether oxygens (including phenoxy) is 3. The van der Waals surface area contributed by atoms with Crippen molar-refractivity contribution >= 4 is 28.2 Å². The van der Waals surface area contributed by atoms with Crippen molar-refractivity contribution in [3.63, 3.8) is 0 Å². The van der Waals surface area contributed by atoms with Gasteiger partial charge in [-0.25, -0.2) is 4.98 Å². The van der Waals surface area contributed by atoms with Gasteiger partial charge in [-0.15, -0.1) is 0 Å². The van der Waals surface area contributed by atoms with Crippen LogP contribution >= 0.6 is 0 Å². The second-order valence-corrected chi connectivity index (χ2v) is 8.13. The second kappa shape index (κ2) is 9.34. The number of aromatic nitrogens is 1. The van der Waals surface area contributed by atoms with Crippen LogP contribution in [0.1, 0.15) is 30.3 Å². The number of fused-ring (bicyclic) bond motifs is 1. The average molecular weight is 436 g/mol. The first kappa shape index (κ1) is 21.7. The largest absolute Gasteiger partial charge is 0.497 e. The van der Waals surface area contributed by atoms with Crippen LogP contribution in [0, 0.1) is 5.92 Å². The summed E-state index contributed by atoms with van der Waals surface area (Å²) < 4.78 is 16.3. The lowest BCUT2D eigenvalue weighted by molar-refractivity contribution is 0.0677. The SMILES string of the molecule is COc1cccc(Nc2cc(C(=O)N3CCCC(C)C3)nc3cc(OC)c(OC)cc23)c1. The number of benzene rings is 2. The summed E-state index contributed by atoms with van der Waals surface area (Å²) in [5.74, 6) is 2.34. The number of pyridine rings is 1. The third-order valence-electron chi connectivity index (χ3n) is 5.83. The highest BCUT2D eigenvalue weighted by Crippen LogP contribution is 2.36. The molecule has 0 aliphatic carbocycles. The molecule has 1 amide bonds. The van der Waals surface area contributed by atoms with E-state index in [1.54, 1.807) is 27.4 Å². The first-order valence-electron chi connectivity index (χ1n) is 10.8. The number of nitrogens with one attached hydrogen (secondary N) is 1. The molecule has 2 heterocycles. The molecular weight excluding hydrogens is 406 g/mol. The molecular formula is C25H29N3O4. The number of hydrogen-bond acceptors (Lipinski definition) is 6. The van der Waals surface area contributed by atoms with Crippen molar-refractivity contribution < 1.29 is 19.0 Å². The molecule has 0 saturated carbocycles. The van der Waals surface area contributed by atoms with Gasteiger partial charge in [0.2, 0.25) is 0 Å². The van der Waals surface area contributed by atoms with E-state index in [2.05, 4.69) is 12.2 Å². The number of piperidine rings is 1. The van der Waals surface area contributed by atoms with Crippen LogP contribution in [0.15, 0.2) is 42.5 Å². The van der Waals surface area contributed by atoms with Gasteiger partial charge in [-0.2, -0.15) is 0 Å². The molecule has 3 aromatic rings. The van der Waals surface area contributed by atoms with Crippen LogP contribution in [0.25, 0.3) is 10.9 Å². The third kappa shape index (κ3) is 4.42. The van der Waals surface area contributed by atoms with Crippen LogP contribution in [-0.2, 0) is 0 Å². The molecule has 32 heavy (non-hydrogen) atoms. The molecule has 1 fully saturated rings. The van der Waals surface area contributed by atoms with Crippen molar-refractivity contribution in [1.29, 1.82) is 0 Å². The lowest BCUT2D eigenvalue weighted by Crippen LogP contribution is -2.39. The van der Waals surface area contributed by atoms with E-state index in [-0.39, 0.29) is 5.91 Å². The van der Waals surface area contributed by atoms with E-state index in [1.807, 2.05) is 41.3 Å². The Morgan fingerprint density at radius 3 is 2.56 bits per heavy atom. The zero-order chi connectivity index (χ0) is 22.7. The van der Waals surface area contributed by atoms with E-state index in [0.717, 1.165) is 48.4 Å². The van der Waals surface area contributed by atoms with Gasteiger partial charge in [0.05, 0.1) is 32.5 Å². The highest BCUT2D eigenvalue weighted by Gasteiger charge is 2.24. The van der Waals surface area contributed by atoms with Gasteiger partial charge < -0.3 is 24.4 Å². The Morgan fingerprint density at radius 1 is 1.06 bits per heavy atom. The number of carbonyl (C=O) groups is 1. The molecule has 0 radical (unpaired) electrons. The highest BCUT2D eigenvalue weighted by molar-refractivity contribution is 6.01. The minimum Gasteiger partial charge on any atom is -0.497 e. The number of amides is 1. The monoisotopic (exact) mass is 435 g/mol. The molecule has 7 nitrogen and oxygen atoms in total. The Morgan fingerprint density at radius 2 is 1.84 bits per heavy atom. The number of rotatable bonds is 6. The van der Waals surface area contributed by atoms with Crippen LogP contribution in [0.5, 0.6) is 17.2 Å². The van der Waals surface area contributed by atoms with E-state index < -0.39 is 0 Å². The molecule has 1 unspecified atom stereocenters. The van der Waals surface area contributed by atoms with Gasteiger partial charge in [0, 0.05) is 36.3 Å². The predicted octanol–water partition coefficient (Wildman–Crippen LogP) is 4.88. The summed E-state index contributed by atoms with van der Waals surface area (Å²) in [6.45, 7) is 3.69. The Labute approximate surface area is 188 Å². The third-order valence-corrected chi connectivity index (χ3v) is 5.83. The molecule has 1 aliphatic rings. The van der Waals surface area contributed by atoms with E-state index in [1.165, 1.54) is 0 Å². The van der Waals surface area contributed by atoms with E-state index >= 15 is 0 Å². The number of likely N-dealkylation sites (tertiary alicyclic amines) is 1. The topological polar surface area (TPSA) is 72.9 Å². The van der Waals surface area contributed by atoms with E-state index in [0.29, 0.717) is 28.6 Å². The maximum absolute atomic E-state index is 13.3. The Kier molecular flexibility index (Phi) is 6.35. The molecule has 1 aromatic heterocycles. The van der Waals surface area contributed by atoms with Gasteiger partial charge >= 0.3 is 0 Å². The van der Waals surface area contributed by atoms with Crippen LogP contribution in [0.4, 0.5) is 11.4 Å². The highest BCUT2D eigenvalue weighted by atomic mass is 16.5. The van der Waals surface area contributed by atoms with Crippen molar-refractivity contribution in [2.24, 2.45) is 5.92 Å². The smallest absolute Gasteiger partial charge is 0.272 e. The second-order valence-electron chi connectivity index (χ2n) is 8.13. The number of methoxy groups -OCH3 is 3. The van der Waals surface area contributed by atoms with Gasteiger partial charge in [-0.3, -0.25) is 4.79 Å². The molecule has 2 aromatic carbocycles. The maximum Gasteiger partial charge on any atom is 0.272 e. The molecule has 1 saturated heterocycles. The summed E-state index contributed by atoms with van der Waals surface area (Å²) >= 11 is 0. The Bertz CT molecular complexity index is 1130. The molecule has 1 aliphatic heterocycles. The van der Waals surface area contributed by atoms with Gasteiger partial charge in [-0.1, -0.05) is 13.0 Å². The Balaban J connectivity index is 1.81. The fraction of sp³-hybridized carbons (Fsp3) is 0.360. The van der Waals surface area contributed by atoms with Gasteiger partial charge in [0.15, 0.2) is 11.5 Å². The number of hydrogen-bond donors (Lipinski definition) is 1. The number of carbonyl (C=O) groups excluding carboxylic acids is 1. The van der Waals surface area contributed by atoms with Gasteiger partial charge in [0.25, 0.3) is 5.91 Å². The summed E-state index contributed by atoms with van der Waals surface area (Å²) in [5, 5.41) is 4.26. The quantitative estimate of drug-likeness (QED) is 0.595. The maximum atomic E-state index is 13.3. The van der Waals surface area contributed by atoms with Crippen molar-refractivity contribution in [1.82, 2.24) is 9.88 Å². The summed E-state index contributed by atoms with van der Waals surface area (Å²) in [7, 11) is 4.82. The first-order chi connectivity index (χ1) is 15.5. The van der Waals surface area contributed by atoms with E-state index in [4.69, 9.17) is 19.2 Å². The minimum atomic E-state index is -0.0538. The number of anilines is 2. The van der Waals surface area contributed by atoms with Crippen LogP contribution in [-0.4, -0.2) is 50.2 Å². The Hall–Kier alpha value is -3.48. The van der Waals surface area contributed by atoms with Crippen molar-refractivity contribution in [2.75, 3.05) is 39.7 Å². The lowest BCUT2D eigenvalue weighted by atomic mass is 10.00. The van der Waals surface area contributed by atoms with Crippen molar-refractivity contribution in [3.8, 4) is 17.2 Å². The predicted molar refractivity (Wildman–Crippen MR) is 125 cm³/mol. The van der Waals surface area contributed by atoms with Crippen molar-refractivity contribution in [3.05, 3.63) is 48.2 Å². The fourth-order valence-electron chi connectivity index (χ4n) is 4.16. The first-order valence-corrected chi connectivity index (χ1v) is 10.8. The summed E-state index contributed by atoms with van der Waals surface area (Å²) in [6.07, 6.45) is 2.16. The molecule has 168 valence electrons.